The number of nitrogen functional groups attached to an aromatic ring is 1. The minimum Gasteiger partial charge on any atom is -0.480 e. The molecule has 0 saturated carbocycles. The van der Waals surface area contributed by atoms with Gasteiger partial charge >= 0.3 is 5.97 Å². The number of benzene rings is 1. The van der Waals surface area contributed by atoms with Crippen molar-refractivity contribution in [2.45, 2.75) is 45.6 Å². The maximum absolute atomic E-state index is 11.9. The summed E-state index contributed by atoms with van der Waals surface area (Å²) in [6, 6.07) is 7.18. The fraction of sp³-hybridized carbons (Fsp3) is 0.588. The van der Waals surface area contributed by atoms with Gasteiger partial charge in [0.25, 0.3) is 0 Å². The molecule has 0 bridgehead atoms. The third kappa shape index (κ3) is 3.56. The third-order valence-corrected chi connectivity index (χ3v) is 4.33. The Labute approximate surface area is 126 Å². The zero-order chi connectivity index (χ0) is 15.6. The van der Waals surface area contributed by atoms with Crippen molar-refractivity contribution in [2.75, 3.05) is 18.8 Å². The van der Waals surface area contributed by atoms with E-state index in [0.29, 0.717) is 5.69 Å². The molecule has 1 aliphatic heterocycles. The second-order valence-electron chi connectivity index (χ2n) is 7.04. The van der Waals surface area contributed by atoms with Crippen molar-refractivity contribution in [3.63, 3.8) is 0 Å². The lowest BCUT2D eigenvalue weighted by atomic mass is 9.71. The highest BCUT2D eigenvalue weighted by atomic mass is 16.4. The van der Waals surface area contributed by atoms with Crippen LogP contribution in [0.5, 0.6) is 0 Å². The molecular weight excluding hydrogens is 264 g/mol. The molecule has 21 heavy (non-hydrogen) atoms. The van der Waals surface area contributed by atoms with Gasteiger partial charge in [-0.15, -0.1) is 0 Å². The first-order valence-corrected chi connectivity index (χ1v) is 7.63. The van der Waals surface area contributed by atoms with Crippen molar-refractivity contribution in [3.05, 3.63) is 29.8 Å². The zero-order valence-electron chi connectivity index (χ0n) is 13.2. The Morgan fingerprint density at radius 2 is 1.71 bits per heavy atom. The van der Waals surface area contributed by atoms with Crippen molar-refractivity contribution in [1.29, 1.82) is 0 Å². The number of nitrogens with two attached hydrogens (primary N) is 1. The second kappa shape index (κ2) is 6.06. The molecule has 2 atom stereocenters. The third-order valence-electron chi connectivity index (χ3n) is 4.33. The molecule has 1 heterocycles. The van der Waals surface area contributed by atoms with Gasteiger partial charge < -0.3 is 10.8 Å². The number of carboxylic acid groups (broad SMARTS) is 1. The van der Waals surface area contributed by atoms with E-state index in [1.54, 1.807) is 0 Å². The first-order chi connectivity index (χ1) is 9.80. The Hall–Kier alpha value is -1.55. The van der Waals surface area contributed by atoms with E-state index in [1.165, 1.54) is 0 Å². The average Bonchev–Trinajstić information content (AvgIpc) is 2.89. The molecule has 1 aliphatic rings. The average molecular weight is 290 g/mol. The minimum absolute atomic E-state index is 0.0614. The molecule has 1 fully saturated rings. The molecule has 0 aliphatic carbocycles. The fourth-order valence-electron chi connectivity index (χ4n) is 3.39. The van der Waals surface area contributed by atoms with Crippen LogP contribution in [0.15, 0.2) is 24.3 Å². The molecule has 0 amide bonds. The van der Waals surface area contributed by atoms with E-state index in [2.05, 4.69) is 25.7 Å². The lowest BCUT2D eigenvalue weighted by Gasteiger charge is -2.39. The summed E-state index contributed by atoms with van der Waals surface area (Å²) in [6.07, 6.45) is 2.17. The van der Waals surface area contributed by atoms with Crippen LogP contribution in [-0.2, 0) is 4.79 Å². The van der Waals surface area contributed by atoms with Crippen molar-refractivity contribution in [3.8, 4) is 0 Å². The summed E-state index contributed by atoms with van der Waals surface area (Å²) in [7, 11) is 0. The van der Waals surface area contributed by atoms with Crippen LogP contribution in [0.2, 0.25) is 0 Å². The topological polar surface area (TPSA) is 66.6 Å². The normalized spacial score (nSPS) is 19.4. The number of anilines is 1. The van der Waals surface area contributed by atoms with Crippen LogP contribution < -0.4 is 5.73 Å². The van der Waals surface area contributed by atoms with Gasteiger partial charge in [-0.2, -0.15) is 0 Å². The van der Waals surface area contributed by atoms with E-state index in [0.717, 1.165) is 31.5 Å². The number of likely N-dealkylation sites (tertiary alicyclic amines) is 1. The van der Waals surface area contributed by atoms with Crippen LogP contribution in [0.1, 0.15) is 45.1 Å². The van der Waals surface area contributed by atoms with E-state index < -0.39 is 12.0 Å². The summed E-state index contributed by atoms with van der Waals surface area (Å²) in [5.41, 5.74) is 7.39. The van der Waals surface area contributed by atoms with Gasteiger partial charge in [0.2, 0.25) is 0 Å². The van der Waals surface area contributed by atoms with Gasteiger partial charge in [0.05, 0.1) is 0 Å². The van der Waals surface area contributed by atoms with Crippen LogP contribution in [0, 0.1) is 5.41 Å². The molecule has 1 aromatic rings. The summed E-state index contributed by atoms with van der Waals surface area (Å²) in [4.78, 5) is 14.1. The Morgan fingerprint density at radius 1 is 1.19 bits per heavy atom. The van der Waals surface area contributed by atoms with Crippen molar-refractivity contribution >= 4 is 11.7 Å². The number of rotatable bonds is 4. The van der Waals surface area contributed by atoms with Crippen LogP contribution in [0.3, 0.4) is 0 Å². The monoisotopic (exact) mass is 290 g/mol. The molecule has 2 rings (SSSR count). The molecule has 2 unspecified atom stereocenters. The largest absolute Gasteiger partial charge is 0.480 e. The maximum atomic E-state index is 11.9. The van der Waals surface area contributed by atoms with Gasteiger partial charge in [0.15, 0.2) is 0 Å². The molecule has 4 heteroatoms. The summed E-state index contributed by atoms with van der Waals surface area (Å²) in [5, 5.41) is 9.82. The predicted octanol–water partition coefficient (Wildman–Crippen LogP) is 2.95. The number of aliphatic carboxylic acids is 1. The van der Waals surface area contributed by atoms with Crippen LogP contribution >= 0.6 is 0 Å². The maximum Gasteiger partial charge on any atom is 0.321 e. The number of carboxylic acids is 1. The standard InChI is InChI=1S/C17H26N2O2/c1-17(2,3)14(12-6-8-13(18)9-7-12)15(16(20)21)19-10-4-5-11-19/h6-9,14-15H,4-5,10-11,18H2,1-3H3,(H,20,21). The number of hydrogen-bond donors (Lipinski definition) is 2. The molecule has 0 aromatic heterocycles. The Balaban J connectivity index is 2.42. The molecule has 116 valence electrons. The summed E-state index contributed by atoms with van der Waals surface area (Å²) < 4.78 is 0. The second-order valence-corrected chi connectivity index (χ2v) is 7.04. The van der Waals surface area contributed by atoms with Crippen LogP contribution in [-0.4, -0.2) is 35.1 Å². The highest BCUT2D eigenvalue weighted by molar-refractivity contribution is 5.75. The van der Waals surface area contributed by atoms with E-state index in [9.17, 15) is 9.90 Å². The van der Waals surface area contributed by atoms with Gasteiger partial charge in [-0.3, -0.25) is 9.69 Å². The summed E-state index contributed by atoms with van der Waals surface area (Å²) in [5.74, 6) is -0.789. The lowest BCUT2D eigenvalue weighted by molar-refractivity contribution is -0.145. The molecule has 1 aromatic carbocycles. The highest BCUT2D eigenvalue weighted by Crippen LogP contribution is 2.40. The van der Waals surface area contributed by atoms with Gasteiger partial charge in [-0.1, -0.05) is 32.9 Å². The zero-order valence-corrected chi connectivity index (χ0v) is 13.2. The summed E-state index contributed by atoms with van der Waals surface area (Å²) in [6.45, 7) is 8.08. The molecule has 1 saturated heterocycles. The van der Waals surface area contributed by atoms with E-state index >= 15 is 0 Å². The quantitative estimate of drug-likeness (QED) is 0.837. The predicted molar refractivity (Wildman–Crippen MR) is 85.3 cm³/mol. The van der Waals surface area contributed by atoms with Gasteiger partial charge in [0, 0.05) is 11.6 Å². The molecule has 0 radical (unpaired) electrons. The molecule has 4 nitrogen and oxygen atoms in total. The minimum atomic E-state index is -0.728. The first-order valence-electron chi connectivity index (χ1n) is 7.63. The number of hydrogen-bond acceptors (Lipinski definition) is 3. The summed E-state index contributed by atoms with van der Waals surface area (Å²) >= 11 is 0. The Kier molecular flexibility index (Phi) is 4.57. The van der Waals surface area contributed by atoms with E-state index in [4.69, 9.17) is 5.73 Å². The van der Waals surface area contributed by atoms with Crippen molar-refractivity contribution in [1.82, 2.24) is 4.90 Å². The van der Waals surface area contributed by atoms with E-state index in [-0.39, 0.29) is 11.3 Å². The lowest BCUT2D eigenvalue weighted by Crippen LogP contribution is -2.47. The van der Waals surface area contributed by atoms with Crippen LogP contribution in [0.25, 0.3) is 0 Å². The Morgan fingerprint density at radius 3 is 2.14 bits per heavy atom. The van der Waals surface area contributed by atoms with Crippen LogP contribution in [0.4, 0.5) is 5.69 Å². The molecular formula is C17H26N2O2. The van der Waals surface area contributed by atoms with Gasteiger partial charge in [-0.25, -0.2) is 0 Å². The van der Waals surface area contributed by atoms with Crippen molar-refractivity contribution < 1.29 is 9.90 Å². The smallest absolute Gasteiger partial charge is 0.321 e. The SMILES string of the molecule is CC(C)(C)C(c1ccc(N)cc1)C(C(=O)O)N1CCCC1. The van der Waals surface area contributed by atoms with Crippen molar-refractivity contribution in [2.24, 2.45) is 5.41 Å². The fourth-order valence-corrected chi connectivity index (χ4v) is 3.39. The number of nitrogens with zero attached hydrogens (tertiary/aromatic N) is 1. The molecule has 3 N–H and O–H groups in total. The van der Waals surface area contributed by atoms with Gasteiger partial charge in [0.1, 0.15) is 6.04 Å². The van der Waals surface area contributed by atoms with Gasteiger partial charge in [-0.05, 0) is 49.0 Å². The first kappa shape index (κ1) is 15.8. The van der Waals surface area contributed by atoms with E-state index in [1.807, 2.05) is 24.3 Å². The molecule has 0 spiro atoms. The number of carbonyl (C=O) groups is 1. The Bertz CT molecular complexity index is 485. The highest BCUT2D eigenvalue weighted by Gasteiger charge is 2.41.